The van der Waals surface area contributed by atoms with E-state index in [9.17, 15) is 10.2 Å². The second-order valence-electron chi connectivity index (χ2n) is 5.43. The first-order chi connectivity index (χ1) is 8.05. The smallest absolute Gasteiger partial charge is 0.0765 e. The van der Waals surface area contributed by atoms with Crippen molar-refractivity contribution >= 4 is 0 Å². The summed E-state index contributed by atoms with van der Waals surface area (Å²) in [6.45, 7) is 2.88. The molecule has 1 fully saturated rings. The Kier molecular flexibility index (Phi) is 6.41. The summed E-state index contributed by atoms with van der Waals surface area (Å²) in [5.74, 6) is 0. The van der Waals surface area contributed by atoms with Crippen LogP contribution < -0.4 is 5.32 Å². The summed E-state index contributed by atoms with van der Waals surface area (Å²) in [7, 11) is 1.64. The molecule has 0 radical (unpaired) electrons. The lowest BCUT2D eigenvalue weighted by molar-refractivity contribution is 0.0162. The highest BCUT2D eigenvalue weighted by atomic mass is 16.5. The lowest BCUT2D eigenvalue weighted by Crippen LogP contribution is -2.47. The minimum atomic E-state index is -0.762. The summed E-state index contributed by atoms with van der Waals surface area (Å²) in [6.07, 6.45) is 5.69. The molecule has 17 heavy (non-hydrogen) atoms. The van der Waals surface area contributed by atoms with Crippen molar-refractivity contribution in [2.24, 2.45) is 0 Å². The van der Waals surface area contributed by atoms with Crippen LogP contribution in [-0.2, 0) is 4.74 Å². The van der Waals surface area contributed by atoms with Crippen molar-refractivity contribution in [3.8, 4) is 0 Å². The maximum atomic E-state index is 10.1. The fourth-order valence-corrected chi connectivity index (χ4v) is 2.29. The van der Waals surface area contributed by atoms with Gasteiger partial charge in [-0.3, -0.25) is 0 Å². The zero-order valence-electron chi connectivity index (χ0n) is 11.1. The van der Waals surface area contributed by atoms with Gasteiger partial charge in [0, 0.05) is 32.7 Å². The molecule has 0 aromatic carbocycles. The zero-order valence-corrected chi connectivity index (χ0v) is 11.1. The van der Waals surface area contributed by atoms with Gasteiger partial charge in [0.1, 0.15) is 0 Å². The van der Waals surface area contributed by atoms with Crippen molar-refractivity contribution in [1.29, 1.82) is 0 Å². The molecule has 0 bridgehead atoms. The van der Waals surface area contributed by atoms with Gasteiger partial charge in [-0.25, -0.2) is 0 Å². The highest BCUT2D eigenvalue weighted by Crippen LogP contribution is 2.19. The molecule has 0 saturated heterocycles. The average Bonchev–Trinajstić information content (AvgIpc) is 2.49. The molecule has 1 rings (SSSR count). The SMILES string of the molecule is COCCC(C)(O)CNC1CCCCCC1O. The number of rotatable bonds is 6. The van der Waals surface area contributed by atoms with Crippen LogP contribution in [0.3, 0.4) is 0 Å². The largest absolute Gasteiger partial charge is 0.392 e. The van der Waals surface area contributed by atoms with E-state index < -0.39 is 5.60 Å². The van der Waals surface area contributed by atoms with E-state index >= 15 is 0 Å². The van der Waals surface area contributed by atoms with Gasteiger partial charge in [-0.05, 0) is 19.8 Å². The summed E-state index contributed by atoms with van der Waals surface area (Å²) < 4.78 is 4.97. The van der Waals surface area contributed by atoms with Gasteiger partial charge in [-0.2, -0.15) is 0 Å². The minimum Gasteiger partial charge on any atom is -0.392 e. The number of ether oxygens (including phenoxy) is 1. The number of hydrogen-bond donors (Lipinski definition) is 3. The van der Waals surface area contributed by atoms with E-state index in [1.807, 2.05) is 6.92 Å². The molecular weight excluding hydrogens is 218 g/mol. The highest BCUT2D eigenvalue weighted by molar-refractivity contribution is 4.83. The Bertz CT molecular complexity index is 209. The molecule has 1 saturated carbocycles. The highest BCUT2D eigenvalue weighted by Gasteiger charge is 2.25. The monoisotopic (exact) mass is 245 g/mol. The first-order valence-electron chi connectivity index (χ1n) is 6.68. The Hall–Kier alpha value is -0.160. The van der Waals surface area contributed by atoms with Gasteiger partial charge in [0.15, 0.2) is 0 Å². The van der Waals surface area contributed by atoms with Crippen LogP contribution in [0.1, 0.15) is 45.4 Å². The lowest BCUT2D eigenvalue weighted by Gasteiger charge is -2.28. The van der Waals surface area contributed by atoms with Crippen LogP contribution in [0.25, 0.3) is 0 Å². The van der Waals surface area contributed by atoms with Crippen molar-refractivity contribution < 1.29 is 14.9 Å². The van der Waals surface area contributed by atoms with Crippen LogP contribution in [0.4, 0.5) is 0 Å². The van der Waals surface area contributed by atoms with Crippen LogP contribution in [-0.4, -0.2) is 48.2 Å². The Morgan fingerprint density at radius 2 is 2.00 bits per heavy atom. The maximum Gasteiger partial charge on any atom is 0.0765 e. The molecule has 4 nitrogen and oxygen atoms in total. The van der Waals surface area contributed by atoms with E-state index in [-0.39, 0.29) is 12.1 Å². The van der Waals surface area contributed by atoms with Crippen molar-refractivity contribution in [2.75, 3.05) is 20.3 Å². The van der Waals surface area contributed by atoms with Crippen LogP contribution in [0.5, 0.6) is 0 Å². The van der Waals surface area contributed by atoms with Crippen LogP contribution in [0, 0.1) is 0 Å². The van der Waals surface area contributed by atoms with Crippen molar-refractivity contribution in [3.63, 3.8) is 0 Å². The van der Waals surface area contributed by atoms with Crippen molar-refractivity contribution in [1.82, 2.24) is 5.32 Å². The number of nitrogens with one attached hydrogen (secondary N) is 1. The third-order valence-corrected chi connectivity index (χ3v) is 3.57. The van der Waals surface area contributed by atoms with Gasteiger partial charge in [-0.15, -0.1) is 0 Å². The summed E-state index contributed by atoms with van der Waals surface area (Å²) >= 11 is 0. The van der Waals surface area contributed by atoms with Gasteiger partial charge in [0.25, 0.3) is 0 Å². The van der Waals surface area contributed by atoms with E-state index in [4.69, 9.17) is 4.74 Å². The first-order valence-corrected chi connectivity index (χ1v) is 6.68. The van der Waals surface area contributed by atoms with E-state index in [1.165, 1.54) is 6.42 Å². The average molecular weight is 245 g/mol. The van der Waals surface area contributed by atoms with Gasteiger partial charge >= 0.3 is 0 Å². The molecule has 1 aliphatic carbocycles. The Labute approximate surface area is 104 Å². The molecule has 0 heterocycles. The molecule has 0 aromatic rings. The summed E-state index contributed by atoms with van der Waals surface area (Å²) in [4.78, 5) is 0. The van der Waals surface area contributed by atoms with Crippen LogP contribution in [0.15, 0.2) is 0 Å². The second kappa shape index (κ2) is 7.31. The third-order valence-electron chi connectivity index (χ3n) is 3.57. The normalized spacial score (nSPS) is 29.6. The Morgan fingerprint density at radius 3 is 2.71 bits per heavy atom. The molecular formula is C13H27NO3. The zero-order chi connectivity index (χ0) is 12.7. The molecule has 102 valence electrons. The van der Waals surface area contributed by atoms with E-state index in [2.05, 4.69) is 5.32 Å². The molecule has 0 aliphatic heterocycles. The van der Waals surface area contributed by atoms with Gasteiger partial charge in [0.2, 0.25) is 0 Å². The minimum absolute atomic E-state index is 0.131. The molecule has 0 aromatic heterocycles. The quantitative estimate of drug-likeness (QED) is 0.612. The number of methoxy groups -OCH3 is 1. The summed E-state index contributed by atoms with van der Waals surface area (Å²) in [5.41, 5.74) is -0.762. The number of aliphatic hydroxyl groups is 2. The van der Waals surface area contributed by atoms with Crippen molar-refractivity contribution in [2.45, 2.75) is 63.2 Å². The van der Waals surface area contributed by atoms with Gasteiger partial charge in [-0.1, -0.05) is 19.3 Å². The van der Waals surface area contributed by atoms with Crippen LogP contribution >= 0.6 is 0 Å². The number of hydrogen-bond acceptors (Lipinski definition) is 4. The van der Waals surface area contributed by atoms with E-state index in [0.29, 0.717) is 19.6 Å². The Morgan fingerprint density at radius 1 is 1.29 bits per heavy atom. The Balaban J connectivity index is 2.31. The van der Waals surface area contributed by atoms with Crippen molar-refractivity contribution in [3.05, 3.63) is 0 Å². The van der Waals surface area contributed by atoms with Gasteiger partial charge in [0.05, 0.1) is 11.7 Å². The summed E-state index contributed by atoms with van der Waals surface area (Å²) in [6, 6.07) is 0.131. The fourth-order valence-electron chi connectivity index (χ4n) is 2.29. The molecule has 3 atom stereocenters. The number of aliphatic hydroxyl groups excluding tert-OH is 1. The first kappa shape index (κ1) is 14.9. The van der Waals surface area contributed by atoms with E-state index in [1.54, 1.807) is 7.11 Å². The molecule has 3 N–H and O–H groups in total. The molecule has 0 amide bonds. The predicted octanol–water partition coefficient (Wildman–Crippen LogP) is 1.06. The predicted molar refractivity (Wildman–Crippen MR) is 68.0 cm³/mol. The molecule has 0 spiro atoms. The molecule has 1 aliphatic rings. The second-order valence-corrected chi connectivity index (χ2v) is 5.43. The van der Waals surface area contributed by atoms with Crippen LogP contribution in [0.2, 0.25) is 0 Å². The molecule has 4 heteroatoms. The fraction of sp³-hybridized carbons (Fsp3) is 1.00. The van der Waals surface area contributed by atoms with E-state index in [0.717, 1.165) is 25.7 Å². The topological polar surface area (TPSA) is 61.7 Å². The summed E-state index contributed by atoms with van der Waals surface area (Å²) in [5, 5.41) is 23.4. The standard InChI is InChI=1S/C13H27NO3/c1-13(16,8-9-17-2)10-14-11-6-4-3-5-7-12(11)15/h11-12,14-16H,3-10H2,1-2H3. The van der Waals surface area contributed by atoms with Gasteiger partial charge < -0.3 is 20.3 Å². The maximum absolute atomic E-state index is 10.1. The third kappa shape index (κ3) is 5.82. The lowest BCUT2D eigenvalue weighted by atomic mass is 10.0. The molecule has 3 unspecified atom stereocenters.